The Labute approximate surface area is 111 Å². The van der Waals surface area contributed by atoms with Gasteiger partial charge in [-0.05, 0) is 30.9 Å². The smallest absolute Gasteiger partial charge is 0.326 e. The lowest BCUT2D eigenvalue weighted by atomic mass is 10.1. The lowest BCUT2D eigenvalue weighted by molar-refractivity contribution is -0.148. The minimum atomic E-state index is -0.937. The van der Waals surface area contributed by atoms with E-state index in [4.69, 9.17) is 5.11 Å². The van der Waals surface area contributed by atoms with Crippen molar-refractivity contribution in [3.8, 4) is 5.75 Å². The molecule has 0 aromatic heterocycles. The number of hydrogen-bond donors (Lipinski definition) is 2. The van der Waals surface area contributed by atoms with Gasteiger partial charge in [-0.1, -0.05) is 18.2 Å². The summed E-state index contributed by atoms with van der Waals surface area (Å²) in [4.78, 5) is 24.5. The van der Waals surface area contributed by atoms with Crippen LogP contribution in [0.1, 0.15) is 24.8 Å². The molecule has 5 heteroatoms. The van der Waals surface area contributed by atoms with E-state index in [0.717, 1.165) is 6.42 Å². The third-order valence-corrected chi connectivity index (χ3v) is 3.46. The van der Waals surface area contributed by atoms with Crippen LogP contribution < -0.4 is 0 Å². The lowest BCUT2D eigenvalue weighted by Gasteiger charge is -2.21. The fraction of sp³-hybridized carbons (Fsp3) is 0.429. The number of para-hydroxylation sites is 1. The second kappa shape index (κ2) is 5.73. The molecular formula is C14H17NO4. The van der Waals surface area contributed by atoms with Crippen molar-refractivity contribution in [1.82, 2.24) is 4.90 Å². The molecule has 1 fully saturated rings. The minimum absolute atomic E-state index is 0.159. The van der Waals surface area contributed by atoms with Crippen molar-refractivity contribution in [3.05, 3.63) is 29.8 Å². The van der Waals surface area contributed by atoms with Crippen molar-refractivity contribution >= 4 is 11.9 Å². The van der Waals surface area contributed by atoms with Gasteiger partial charge in [-0.3, -0.25) is 4.79 Å². The summed E-state index contributed by atoms with van der Waals surface area (Å²) in [5, 5.41) is 18.6. The quantitative estimate of drug-likeness (QED) is 0.860. The Balaban J connectivity index is 1.95. The molecule has 0 bridgehead atoms. The van der Waals surface area contributed by atoms with Gasteiger partial charge in [0.15, 0.2) is 0 Å². The van der Waals surface area contributed by atoms with Gasteiger partial charge in [-0.25, -0.2) is 4.79 Å². The monoisotopic (exact) mass is 263 g/mol. The Morgan fingerprint density at radius 3 is 2.74 bits per heavy atom. The molecule has 1 aliphatic rings. The molecule has 1 atom stereocenters. The number of aromatic hydroxyl groups is 1. The molecule has 1 aromatic rings. The molecule has 0 spiro atoms. The van der Waals surface area contributed by atoms with Crippen LogP contribution in [0, 0.1) is 0 Å². The molecule has 1 heterocycles. The number of carboxylic acids is 1. The molecule has 19 heavy (non-hydrogen) atoms. The molecule has 0 aliphatic carbocycles. The maximum absolute atomic E-state index is 12.0. The van der Waals surface area contributed by atoms with Gasteiger partial charge in [0.05, 0.1) is 0 Å². The van der Waals surface area contributed by atoms with E-state index in [0.29, 0.717) is 24.9 Å². The fourth-order valence-corrected chi connectivity index (χ4v) is 2.43. The number of nitrogens with zero attached hydrogens (tertiary/aromatic N) is 1. The number of rotatable bonds is 4. The van der Waals surface area contributed by atoms with Crippen LogP contribution in [0.3, 0.4) is 0 Å². The number of aryl methyl sites for hydroxylation is 1. The largest absolute Gasteiger partial charge is 0.508 e. The normalized spacial score (nSPS) is 18.5. The maximum atomic E-state index is 12.0. The number of benzene rings is 1. The minimum Gasteiger partial charge on any atom is -0.508 e. The van der Waals surface area contributed by atoms with Gasteiger partial charge in [0.1, 0.15) is 11.8 Å². The van der Waals surface area contributed by atoms with E-state index >= 15 is 0 Å². The maximum Gasteiger partial charge on any atom is 0.326 e. The van der Waals surface area contributed by atoms with Crippen LogP contribution in [-0.4, -0.2) is 39.6 Å². The highest BCUT2D eigenvalue weighted by Crippen LogP contribution is 2.21. The van der Waals surface area contributed by atoms with E-state index in [-0.39, 0.29) is 18.1 Å². The fourth-order valence-electron chi connectivity index (χ4n) is 2.43. The molecule has 102 valence electrons. The van der Waals surface area contributed by atoms with Crippen LogP contribution in [0.15, 0.2) is 24.3 Å². The number of aliphatic carboxylic acids is 1. The predicted molar refractivity (Wildman–Crippen MR) is 68.8 cm³/mol. The molecule has 0 saturated carbocycles. The molecule has 1 aliphatic heterocycles. The number of amides is 1. The van der Waals surface area contributed by atoms with Gasteiger partial charge in [0.2, 0.25) is 5.91 Å². The first kappa shape index (κ1) is 13.4. The Morgan fingerprint density at radius 1 is 1.32 bits per heavy atom. The van der Waals surface area contributed by atoms with E-state index in [2.05, 4.69) is 0 Å². The first-order valence-electron chi connectivity index (χ1n) is 6.38. The summed E-state index contributed by atoms with van der Waals surface area (Å²) in [5.74, 6) is -0.923. The number of carbonyl (C=O) groups excluding carboxylic acids is 1. The van der Waals surface area contributed by atoms with Crippen LogP contribution >= 0.6 is 0 Å². The number of phenolic OH excluding ortho intramolecular Hbond substituents is 1. The number of hydrogen-bond acceptors (Lipinski definition) is 3. The molecule has 0 radical (unpaired) electrons. The Bertz CT molecular complexity index is 486. The van der Waals surface area contributed by atoms with E-state index < -0.39 is 12.0 Å². The number of phenols is 1. The highest BCUT2D eigenvalue weighted by Gasteiger charge is 2.33. The van der Waals surface area contributed by atoms with Gasteiger partial charge in [0.25, 0.3) is 0 Å². The second-order valence-electron chi connectivity index (χ2n) is 4.71. The molecule has 1 saturated heterocycles. The van der Waals surface area contributed by atoms with Crippen LogP contribution in [0.25, 0.3) is 0 Å². The van der Waals surface area contributed by atoms with E-state index in [1.54, 1.807) is 24.3 Å². The predicted octanol–water partition coefficient (Wildman–Crippen LogP) is 1.40. The third-order valence-electron chi connectivity index (χ3n) is 3.46. The van der Waals surface area contributed by atoms with Crippen molar-refractivity contribution in [1.29, 1.82) is 0 Å². The average Bonchev–Trinajstić information content (AvgIpc) is 2.87. The van der Waals surface area contributed by atoms with E-state index in [9.17, 15) is 14.7 Å². The van der Waals surface area contributed by atoms with Crippen LogP contribution in [0.4, 0.5) is 0 Å². The zero-order chi connectivity index (χ0) is 13.8. The summed E-state index contributed by atoms with van der Waals surface area (Å²) in [7, 11) is 0. The van der Waals surface area contributed by atoms with Gasteiger partial charge in [0, 0.05) is 13.0 Å². The first-order chi connectivity index (χ1) is 9.09. The highest BCUT2D eigenvalue weighted by atomic mass is 16.4. The van der Waals surface area contributed by atoms with Gasteiger partial charge < -0.3 is 15.1 Å². The average molecular weight is 263 g/mol. The van der Waals surface area contributed by atoms with Crippen molar-refractivity contribution in [2.24, 2.45) is 0 Å². The second-order valence-corrected chi connectivity index (χ2v) is 4.71. The number of carbonyl (C=O) groups is 2. The Hall–Kier alpha value is -2.04. The van der Waals surface area contributed by atoms with Gasteiger partial charge in [-0.15, -0.1) is 0 Å². The van der Waals surface area contributed by atoms with Crippen molar-refractivity contribution in [3.63, 3.8) is 0 Å². The SMILES string of the molecule is O=C(O)[C@@H]1CCCN1C(=O)CCc1ccccc1O. The topological polar surface area (TPSA) is 77.8 Å². The summed E-state index contributed by atoms with van der Waals surface area (Å²) in [6, 6.07) is 6.19. The molecule has 0 unspecified atom stereocenters. The summed E-state index contributed by atoms with van der Waals surface area (Å²) in [6.07, 6.45) is 1.91. The van der Waals surface area contributed by atoms with Crippen molar-refractivity contribution < 1.29 is 19.8 Å². The Morgan fingerprint density at radius 2 is 2.05 bits per heavy atom. The zero-order valence-corrected chi connectivity index (χ0v) is 10.6. The molecule has 1 aromatic carbocycles. The third kappa shape index (κ3) is 3.05. The molecule has 1 amide bonds. The van der Waals surface area contributed by atoms with Crippen LogP contribution in [0.5, 0.6) is 5.75 Å². The van der Waals surface area contributed by atoms with Crippen molar-refractivity contribution in [2.75, 3.05) is 6.54 Å². The summed E-state index contributed by atoms with van der Waals surface area (Å²) in [6.45, 7) is 0.510. The zero-order valence-electron chi connectivity index (χ0n) is 10.6. The van der Waals surface area contributed by atoms with Crippen LogP contribution in [0.2, 0.25) is 0 Å². The summed E-state index contributed by atoms with van der Waals surface area (Å²) < 4.78 is 0. The number of carboxylic acid groups (broad SMARTS) is 1. The molecular weight excluding hydrogens is 246 g/mol. The summed E-state index contributed by atoms with van der Waals surface area (Å²) in [5.41, 5.74) is 0.710. The standard InChI is InChI=1S/C14H17NO4/c16-12-6-2-1-4-10(12)7-8-13(17)15-9-3-5-11(15)14(18)19/h1-2,4,6,11,16H,3,5,7-9H2,(H,18,19)/t11-/m0/s1. The number of likely N-dealkylation sites (tertiary alicyclic amines) is 1. The van der Waals surface area contributed by atoms with Crippen molar-refractivity contribution in [2.45, 2.75) is 31.7 Å². The summed E-state index contributed by atoms with van der Waals surface area (Å²) >= 11 is 0. The van der Waals surface area contributed by atoms with Gasteiger partial charge >= 0.3 is 5.97 Å². The first-order valence-corrected chi connectivity index (χ1v) is 6.38. The molecule has 5 nitrogen and oxygen atoms in total. The van der Waals surface area contributed by atoms with E-state index in [1.165, 1.54) is 4.90 Å². The lowest BCUT2D eigenvalue weighted by Crippen LogP contribution is -2.40. The Kier molecular flexibility index (Phi) is 4.04. The van der Waals surface area contributed by atoms with E-state index in [1.807, 2.05) is 0 Å². The molecule has 2 rings (SSSR count). The highest BCUT2D eigenvalue weighted by molar-refractivity contribution is 5.84. The molecule has 2 N–H and O–H groups in total. The van der Waals surface area contributed by atoms with Gasteiger partial charge in [-0.2, -0.15) is 0 Å². The van der Waals surface area contributed by atoms with Crippen LogP contribution in [-0.2, 0) is 16.0 Å².